The monoisotopic (exact) mass is 315 g/mol. The Morgan fingerprint density at radius 3 is 2.75 bits per heavy atom. The molecule has 1 aliphatic rings. The minimum absolute atomic E-state index is 0.133. The van der Waals surface area contributed by atoms with Gasteiger partial charge in [-0.2, -0.15) is 0 Å². The molecular weight excluding hydrogens is 298 g/mol. The van der Waals surface area contributed by atoms with Crippen molar-refractivity contribution in [3.63, 3.8) is 0 Å². The van der Waals surface area contributed by atoms with Crippen LogP contribution >= 0.6 is 11.6 Å². The molecule has 1 aromatic rings. The number of halogens is 1. The number of hydrogen-bond acceptors (Lipinski definition) is 4. The van der Waals surface area contributed by atoms with Gasteiger partial charge in [0.2, 0.25) is 5.91 Å². The fourth-order valence-electron chi connectivity index (χ4n) is 2.08. The van der Waals surface area contributed by atoms with E-state index in [-0.39, 0.29) is 11.9 Å². The summed E-state index contributed by atoms with van der Waals surface area (Å²) >= 11 is 5.89. The number of nitrogens with zero attached hydrogens (tertiary/aromatic N) is 1. The van der Waals surface area contributed by atoms with Crippen LogP contribution in [-0.4, -0.2) is 45.7 Å². The lowest BCUT2D eigenvalue weighted by Crippen LogP contribution is -2.48. The lowest BCUT2D eigenvalue weighted by atomic mass is 10.2. The van der Waals surface area contributed by atoms with Crippen LogP contribution in [0.3, 0.4) is 0 Å². The van der Waals surface area contributed by atoms with E-state index in [1.807, 2.05) is 11.8 Å². The summed E-state index contributed by atoms with van der Waals surface area (Å²) < 4.78 is 11.3. The Kier molecular flexibility index (Phi) is 5.01. The Bertz CT molecular complexity index is 528. The van der Waals surface area contributed by atoms with Crippen molar-refractivity contribution in [1.82, 2.24) is 4.90 Å². The molecule has 0 saturated carbocycles. The number of amides is 1. The van der Waals surface area contributed by atoms with Gasteiger partial charge < -0.3 is 11.1 Å². The van der Waals surface area contributed by atoms with E-state index in [0.29, 0.717) is 41.0 Å². The highest BCUT2D eigenvalue weighted by Crippen LogP contribution is 2.23. The van der Waals surface area contributed by atoms with Gasteiger partial charge in [0.1, 0.15) is 0 Å². The molecule has 5 nitrogen and oxygen atoms in total. The van der Waals surface area contributed by atoms with E-state index >= 15 is 0 Å². The number of hydrogen-bond donors (Lipinski definition) is 2. The second kappa shape index (κ2) is 6.56. The molecule has 2 rings (SSSR count). The molecule has 1 amide bonds. The van der Waals surface area contributed by atoms with E-state index in [9.17, 15) is 9.00 Å². The summed E-state index contributed by atoms with van der Waals surface area (Å²) in [5.74, 6) is 1.11. The molecule has 1 unspecified atom stereocenters. The van der Waals surface area contributed by atoms with Crippen LogP contribution in [0.4, 0.5) is 11.4 Å². The molecule has 1 saturated heterocycles. The van der Waals surface area contributed by atoms with Crippen molar-refractivity contribution >= 4 is 39.7 Å². The van der Waals surface area contributed by atoms with Crippen LogP contribution in [0, 0.1) is 0 Å². The third-order valence-corrected chi connectivity index (χ3v) is 4.92. The molecule has 7 heteroatoms. The number of nitrogens with two attached hydrogens (primary N) is 1. The molecule has 1 atom stereocenters. The van der Waals surface area contributed by atoms with Crippen LogP contribution in [0.1, 0.15) is 6.92 Å². The van der Waals surface area contributed by atoms with E-state index in [2.05, 4.69) is 5.32 Å². The average Bonchev–Trinajstić information content (AvgIpc) is 2.43. The molecule has 110 valence electrons. The highest BCUT2D eigenvalue weighted by molar-refractivity contribution is 7.85. The Labute approximate surface area is 125 Å². The minimum Gasteiger partial charge on any atom is -0.397 e. The van der Waals surface area contributed by atoms with Gasteiger partial charge in [0, 0.05) is 40.4 Å². The van der Waals surface area contributed by atoms with E-state index in [1.165, 1.54) is 0 Å². The van der Waals surface area contributed by atoms with Gasteiger partial charge in [0.05, 0.1) is 17.4 Å². The van der Waals surface area contributed by atoms with E-state index in [0.717, 1.165) is 0 Å². The highest BCUT2D eigenvalue weighted by Gasteiger charge is 2.25. The van der Waals surface area contributed by atoms with Crippen molar-refractivity contribution in [1.29, 1.82) is 0 Å². The van der Waals surface area contributed by atoms with Gasteiger partial charge in [-0.05, 0) is 25.1 Å². The van der Waals surface area contributed by atoms with Crippen LogP contribution in [0.5, 0.6) is 0 Å². The summed E-state index contributed by atoms with van der Waals surface area (Å²) in [6, 6.07) is 4.68. The van der Waals surface area contributed by atoms with Gasteiger partial charge in [0.15, 0.2) is 0 Å². The largest absolute Gasteiger partial charge is 0.397 e. The number of nitrogens with one attached hydrogen (secondary N) is 1. The molecule has 0 spiro atoms. The van der Waals surface area contributed by atoms with Crippen LogP contribution in [-0.2, 0) is 15.6 Å². The Balaban J connectivity index is 2.00. The predicted octanol–water partition coefficient (Wildman–Crippen LogP) is 1.31. The molecule has 0 radical (unpaired) electrons. The van der Waals surface area contributed by atoms with Crippen LogP contribution in [0.15, 0.2) is 18.2 Å². The highest BCUT2D eigenvalue weighted by atomic mass is 35.5. The number of anilines is 2. The van der Waals surface area contributed by atoms with Crippen LogP contribution < -0.4 is 11.1 Å². The van der Waals surface area contributed by atoms with Gasteiger partial charge in [-0.25, -0.2) is 0 Å². The minimum atomic E-state index is -0.746. The maximum Gasteiger partial charge on any atom is 0.241 e. The standard InChI is InChI=1S/C13H18ClN3O2S/c1-9(17-4-6-20(19)7-5-17)13(18)16-12-8-10(14)2-3-11(12)15/h2-3,8-9H,4-7,15H2,1H3,(H,16,18). The Hall–Kier alpha value is -1.11. The SMILES string of the molecule is CC(C(=O)Nc1cc(Cl)ccc1N)N1CCS(=O)CC1. The number of rotatable bonds is 3. The van der Waals surface area contributed by atoms with Gasteiger partial charge in [-0.3, -0.25) is 13.9 Å². The van der Waals surface area contributed by atoms with E-state index < -0.39 is 10.8 Å². The number of carbonyl (C=O) groups excluding carboxylic acids is 1. The predicted molar refractivity (Wildman–Crippen MR) is 83.4 cm³/mol. The summed E-state index contributed by atoms with van der Waals surface area (Å²) in [5.41, 5.74) is 6.81. The maximum absolute atomic E-state index is 12.2. The topological polar surface area (TPSA) is 75.4 Å². The quantitative estimate of drug-likeness (QED) is 0.825. The van der Waals surface area contributed by atoms with Gasteiger partial charge in [0.25, 0.3) is 0 Å². The number of nitrogen functional groups attached to an aromatic ring is 1. The molecule has 3 N–H and O–H groups in total. The van der Waals surface area contributed by atoms with E-state index in [4.69, 9.17) is 17.3 Å². The molecule has 0 aliphatic carbocycles. The second-order valence-corrected chi connectivity index (χ2v) is 6.91. The smallest absolute Gasteiger partial charge is 0.241 e. The van der Waals surface area contributed by atoms with Crippen LogP contribution in [0.2, 0.25) is 5.02 Å². The summed E-state index contributed by atoms with van der Waals surface area (Å²) in [7, 11) is -0.746. The molecule has 1 heterocycles. The van der Waals surface area contributed by atoms with Crippen LogP contribution in [0.25, 0.3) is 0 Å². The summed E-state index contributed by atoms with van der Waals surface area (Å²) in [4.78, 5) is 14.3. The molecular formula is C13H18ClN3O2S. The first-order chi connectivity index (χ1) is 9.47. The van der Waals surface area contributed by atoms with Crippen molar-refractivity contribution < 1.29 is 9.00 Å². The first-order valence-electron chi connectivity index (χ1n) is 6.42. The fraction of sp³-hybridized carbons (Fsp3) is 0.462. The zero-order valence-corrected chi connectivity index (χ0v) is 12.8. The lowest BCUT2D eigenvalue weighted by molar-refractivity contribution is -0.120. The number of benzene rings is 1. The first-order valence-corrected chi connectivity index (χ1v) is 8.29. The van der Waals surface area contributed by atoms with Gasteiger partial charge >= 0.3 is 0 Å². The van der Waals surface area contributed by atoms with Crippen molar-refractivity contribution in [2.24, 2.45) is 0 Å². The Morgan fingerprint density at radius 1 is 1.45 bits per heavy atom. The average molecular weight is 316 g/mol. The number of carbonyl (C=O) groups is 1. The zero-order valence-electron chi connectivity index (χ0n) is 11.3. The molecule has 20 heavy (non-hydrogen) atoms. The van der Waals surface area contributed by atoms with Crippen molar-refractivity contribution in [2.45, 2.75) is 13.0 Å². The van der Waals surface area contributed by atoms with Crippen molar-refractivity contribution in [2.75, 3.05) is 35.6 Å². The Morgan fingerprint density at radius 2 is 2.10 bits per heavy atom. The van der Waals surface area contributed by atoms with Gasteiger partial charge in [-0.15, -0.1) is 0 Å². The van der Waals surface area contributed by atoms with E-state index in [1.54, 1.807) is 18.2 Å². The molecule has 1 aromatic carbocycles. The molecule has 0 bridgehead atoms. The zero-order chi connectivity index (χ0) is 14.7. The third-order valence-electron chi connectivity index (χ3n) is 3.41. The van der Waals surface area contributed by atoms with Gasteiger partial charge in [-0.1, -0.05) is 11.6 Å². The molecule has 1 aliphatic heterocycles. The van der Waals surface area contributed by atoms with Crippen molar-refractivity contribution in [3.8, 4) is 0 Å². The lowest BCUT2D eigenvalue weighted by Gasteiger charge is -2.31. The third kappa shape index (κ3) is 3.71. The molecule has 0 aromatic heterocycles. The first kappa shape index (κ1) is 15.3. The molecule has 1 fully saturated rings. The normalized spacial score (nSPS) is 18.7. The summed E-state index contributed by atoms with van der Waals surface area (Å²) in [5, 5.41) is 3.32. The maximum atomic E-state index is 12.2. The summed E-state index contributed by atoms with van der Waals surface area (Å²) in [6.45, 7) is 3.18. The fourth-order valence-corrected chi connectivity index (χ4v) is 3.33. The van der Waals surface area contributed by atoms with Crippen molar-refractivity contribution in [3.05, 3.63) is 23.2 Å². The summed E-state index contributed by atoms with van der Waals surface area (Å²) in [6.07, 6.45) is 0. The second-order valence-electron chi connectivity index (χ2n) is 4.78.